The molecule has 0 bridgehead atoms. The number of hydrogen-bond acceptors (Lipinski definition) is 4. The van der Waals surface area contributed by atoms with Crippen molar-refractivity contribution in [2.75, 3.05) is 12.3 Å². The van der Waals surface area contributed by atoms with E-state index in [0.29, 0.717) is 12.1 Å². The molecule has 134 valence electrons. The second-order valence-corrected chi connectivity index (χ2v) is 6.24. The van der Waals surface area contributed by atoms with Crippen LogP contribution in [0.1, 0.15) is 45.1 Å². The smallest absolute Gasteiger partial charge is 0.283 e. The molecule has 7 heteroatoms. The predicted octanol–water partition coefficient (Wildman–Crippen LogP) is 2.96. The third-order valence-electron chi connectivity index (χ3n) is 4.27. The molecule has 0 radical (unpaired) electrons. The van der Waals surface area contributed by atoms with Crippen molar-refractivity contribution in [2.24, 2.45) is 10.7 Å². The lowest BCUT2D eigenvalue weighted by atomic mass is 10.0. The van der Waals surface area contributed by atoms with E-state index < -0.39 is 12.5 Å². The maximum Gasteiger partial charge on any atom is 0.283 e. The van der Waals surface area contributed by atoms with E-state index in [1.165, 1.54) is 6.92 Å². The molecule has 5 nitrogen and oxygen atoms in total. The summed E-state index contributed by atoms with van der Waals surface area (Å²) in [6.07, 6.45) is 2.05. The molecule has 1 saturated carbocycles. The Morgan fingerprint density at radius 3 is 2.46 bits per heavy atom. The van der Waals surface area contributed by atoms with Gasteiger partial charge in [0.1, 0.15) is 6.17 Å². The van der Waals surface area contributed by atoms with Crippen LogP contribution in [-0.4, -0.2) is 24.7 Å². The van der Waals surface area contributed by atoms with Crippen molar-refractivity contribution in [3.8, 4) is 0 Å². The summed E-state index contributed by atoms with van der Waals surface area (Å²) in [4.78, 5) is 4.20. The molecule has 24 heavy (non-hydrogen) atoms. The summed E-state index contributed by atoms with van der Waals surface area (Å²) in [5, 5.41) is 3.46. The van der Waals surface area contributed by atoms with Crippen LogP contribution in [-0.2, 0) is 10.3 Å². The lowest BCUT2D eigenvalue weighted by molar-refractivity contribution is -0.0481. The summed E-state index contributed by atoms with van der Waals surface area (Å²) in [7, 11) is 0. The number of ether oxygens (including phenoxy) is 1. The molecule has 0 aliphatic heterocycles. The molecule has 2 rings (SSSR count). The SMILES string of the molecule is CCC(N=C(N)OCC(F)(F)CC)NC1(c2ccc(N)cc2)CC1. The van der Waals surface area contributed by atoms with E-state index in [-0.39, 0.29) is 24.1 Å². The first-order chi connectivity index (χ1) is 11.3. The van der Waals surface area contributed by atoms with Crippen molar-refractivity contribution in [1.29, 1.82) is 0 Å². The molecule has 0 aromatic heterocycles. The molecule has 1 unspecified atom stereocenters. The highest BCUT2D eigenvalue weighted by Crippen LogP contribution is 2.46. The summed E-state index contributed by atoms with van der Waals surface area (Å²) in [5.41, 5.74) is 13.1. The van der Waals surface area contributed by atoms with Crippen molar-refractivity contribution in [1.82, 2.24) is 5.32 Å². The molecule has 0 spiro atoms. The van der Waals surface area contributed by atoms with Crippen molar-refractivity contribution < 1.29 is 13.5 Å². The first-order valence-corrected chi connectivity index (χ1v) is 8.28. The number of benzene rings is 1. The molecule has 0 heterocycles. The minimum Gasteiger partial charge on any atom is -0.459 e. The van der Waals surface area contributed by atoms with E-state index in [9.17, 15) is 8.78 Å². The summed E-state index contributed by atoms with van der Waals surface area (Å²) in [6, 6.07) is 7.51. The Bertz CT molecular complexity index is 570. The zero-order chi connectivity index (χ0) is 17.8. The van der Waals surface area contributed by atoms with Crippen LogP contribution in [0.5, 0.6) is 0 Å². The molecule has 1 aliphatic carbocycles. The maximum atomic E-state index is 13.2. The fourth-order valence-corrected chi connectivity index (χ4v) is 2.46. The lowest BCUT2D eigenvalue weighted by Gasteiger charge is -2.23. The highest BCUT2D eigenvalue weighted by molar-refractivity contribution is 5.71. The number of aliphatic imine (C=N–C) groups is 1. The van der Waals surface area contributed by atoms with Gasteiger partial charge in [-0.25, -0.2) is 13.8 Å². The Morgan fingerprint density at radius 2 is 1.96 bits per heavy atom. The number of nitrogens with one attached hydrogen (secondary N) is 1. The first-order valence-electron chi connectivity index (χ1n) is 8.28. The van der Waals surface area contributed by atoms with Crippen molar-refractivity contribution >= 4 is 11.7 Å². The fourth-order valence-electron chi connectivity index (χ4n) is 2.46. The van der Waals surface area contributed by atoms with Gasteiger partial charge in [0, 0.05) is 17.6 Å². The number of nitrogen functional groups attached to an aromatic ring is 1. The second-order valence-electron chi connectivity index (χ2n) is 6.24. The van der Waals surface area contributed by atoms with Gasteiger partial charge in [-0.3, -0.25) is 5.32 Å². The zero-order valence-corrected chi connectivity index (χ0v) is 14.2. The fraction of sp³-hybridized carbons (Fsp3) is 0.588. The average molecular weight is 340 g/mol. The number of nitrogens with zero attached hydrogens (tertiary/aromatic N) is 1. The standard InChI is InChI=1S/C17H26F2N4O/c1-3-14(22-15(21)24-11-17(18,19)4-2)23-16(9-10-16)12-5-7-13(20)8-6-12/h5-8,14,23H,3-4,9-11,20H2,1-2H3,(H2,21,22). The quantitative estimate of drug-likeness (QED) is 0.386. The largest absolute Gasteiger partial charge is 0.459 e. The first kappa shape index (κ1) is 18.4. The van der Waals surface area contributed by atoms with E-state index in [0.717, 1.165) is 18.4 Å². The normalized spacial score (nSPS) is 18.2. The second kappa shape index (κ2) is 7.34. The number of nitrogens with two attached hydrogens (primary N) is 2. The number of alkyl halides is 2. The van der Waals surface area contributed by atoms with E-state index >= 15 is 0 Å². The van der Waals surface area contributed by atoms with Gasteiger partial charge in [-0.15, -0.1) is 0 Å². The van der Waals surface area contributed by atoms with E-state index in [1.807, 2.05) is 31.2 Å². The number of hydrogen-bond donors (Lipinski definition) is 3. The Labute approximate surface area is 141 Å². The van der Waals surface area contributed by atoms with Crippen molar-refractivity contribution in [2.45, 2.75) is 57.2 Å². The third-order valence-corrected chi connectivity index (χ3v) is 4.27. The molecule has 0 saturated heterocycles. The number of amidine groups is 1. The molecule has 1 atom stereocenters. The van der Waals surface area contributed by atoms with Gasteiger partial charge in [-0.1, -0.05) is 26.0 Å². The van der Waals surface area contributed by atoms with Crippen LogP contribution in [0, 0.1) is 0 Å². The maximum absolute atomic E-state index is 13.2. The van der Waals surface area contributed by atoms with Gasteiger partial charge in [0.2, 0.25) is 0 Å². The van der Waals surface area contributed by atoms with Crippen LogP contribution in [0.25, 0.3) is 0 Å². The van der Waals surface area contributed by atoms with Crippen molar-refractivity contribution in [3.05, 3.63) is 29.8 Å². The number of anilines is 1. The monoisotopic (exact) mass is 340 g/mol. The highest BCUT2D eigenvalue weighted by Gasteiger charge is 2.45. The van der Waals surface area contributed by atoms with Crippen LogP contribution >= 0.6 is 0 Å². The van der Waals surface area contributed by atoms with Crippen LogP contribution < -0.4 is 16.8 Å². The number of halogens is 2. The Balaban J connectivity index is 1.98. The van der Waals surface area contributed by atoms with Crippen molar-refractivity contribution in [3.63, 3.8) is 0 Å². The highest BCUT2D eigenvalue weighted by atomic mass is 19.3. The molecule has 1 aliphatic rings. The zero-order valence-electron chi connectivity index (χ0n) is 14.2. The van der Waals surface area contributed by atoms with E-state index in [4.69, 9.17) is 16.2 Å². The molecule has 1 fully saturated rings. The van der Waals surface area contributed by atoms with Gasteiger partial charge in [0.15, 0.2) is 6.61 Å². The molecule has 5 N–H and O–H groups in total. The van der Waals surface area contributed by atoms with Gasteiger partial charge < -0.3 is 16.2 Å². The van der Waals surface area contributed by atoms with Gasteiger partial charge in [-0.05, 0) is 37.0 Å². The predicted molar refractivity (Wildman–Crippen MR) is 91.8 cm³/mol. The van der Waals surface area contributed by atoms with E-state index in [1.54, 1.807) is 0 Å². The Morgan fingerprint density at radius 1 is 1.33 bits per heavy atom. The van der Waals surface area contributed by atoms with Crippen LogP contribution in [0.4, 0.5) is 14.5 Å². The minimum atomic E-state index is -2.89. The van der Waals surface area contributed by atoms with Gasteiger partial charge in [0.05, 0.1) is 0 Å². The lowest BCUT2D eigenvalue weighted by Crippen LogP contribution is -2.39. The van der Waals surface area contributed by atoms with Crippen LogP contribution in [0.15, 0.2) is 29.3 Å². The van der Waals surface area contributed by atoms with Crippen LogP contribution in [0.2, 0.25) is 0 Å². The summed E-state index contributed by atoms with van der Waals surface area (Å²) < 4.78 is 31.3. The summed E-state index contributed by atoms with van der Waals surface area (Å²) in [6.45, 7) is 2.60. The average Bonchev–Trinajstić information content (AvgIpc) is 3.34. The topological polar surface area (TPSA) is 85.7 Å². The van der Waals surface area contributed by atoms with Crippen LogP contribution in [0.3, 0.4) is 0 Å². The summed E-state index contributed by atoms with van der Waals surface area (Å²) >= 11 is 0. The molecule has 1 aromatic rings. The Hall–Kier alpha value is -1.89. The summed E-state index contributed by atoms with van der Waals surface area (Å²) in [5.74, 6) is -2.89. The van der Waals surface area contributed by atoms with Gasteiger partial charge in [-0.2, -0.15) is 0 Å². The molecule has 1 aromatic carbocycles. The van der Waals surface area contributed by atoms with E-state index in [2.05, 4.69) is 10.3 Å². The molecular formula is C17H26F2N4O. The third kappa shape index (κ3) is 4.80. The van der Waals surface area contributed by atoms with Gasteiger partial charge in [0.25, 0.3) is 11.9 Å². The Kier molecular flexibility index (Phi) is 5.64. The molecular weight excluding hydrogens is 314 g/mol. The number of rotatable bonds is 8. The molecule has 0 amide bonds. The minimum absolute atomic E-state index is 0.147. The van der Waals surface area contributed by atoms with Gasteiger partial charge >= 0.3 is 0 Å².